The Kier molecular flexibility index (Phi) is 6.38. The number of rotatable bonds is 8. The van der Waals surface area contributed by atoms with E-state index < -0.39 is 23.8 Å². The quantitative estimate of drug-likeness (QED) is 0.420. The predicted octanol–water partition coefficient (Wildman–Crippen LogP) is 3.45. The third kappa shape index (κ3) is 5.02. The molecule has 1 heterocycles. The van der Waals surface area contributed by atoms with E-state index in [4.69, 9.17) is 9.52 Å². The van der Waals surface area contributed by atoms with Crippen LogP contribution in [0.25, 0.3) is 0 Å². The predicted molar refractivity (Wildman–Crippen MR) is 102 cm³/mol. The lowest BCUT2D eigenvalue weighted by molar-refractivity contribution is 0.0600. The summed E-state index contributed by atoms with van der Waals surface area (Å²) in [5, 5.41) is 0.135. The highest BCUT2D eigenvalue weighted by Crippen LogP contribution is 2.21. The molecule has 1 atom stereocenters. The molecule has 0 aliphatic rings. The van der Waals surface area contributed by atoms with E-state index in [0.29, 0.717) is 12.2 Å². The molecule has 0 aliphatic carbocycles. The van der Waals surface area contributed by atoms with E-state index in [0.717, 1.165) is 6.04 Å². The highest BCUT2D eigenvalue weighted by atomic mass is 32.2. The van der Waals surface area contributed by atoms with E-state index in [2.05, 4.69) is 29.4 Å². The standard InChI is InChI=1S/C17H25N3O4SSi/c1-23-16(21)14-5-7-15(8-6-14)25(18,22)17-19-9-10-20(17)13-24-11-12-26(2,3)4/h5-10,18H,11-13H2,1-4H3. The molecule has 142 valence electrons. The van der Waals surface area contributed by atoms with E-state index in [1.165, 1.54) is 37.6 Å². The third-order valence-electron chi connectivity index (χ3n) is 3.77. The van der Waals surface area contributed by atoms with Gasteiger partial charge in [0.1, 0.15) is 16.5 Å². The maximum Gasteiger partial charge on any atom is 0.337 e. The largest absolute Gasteiger partial charge is 0.465 e. The fraction of sp³-hybridized carbons (Fsp3) is 0.412. The average Bonchev–Trinajstić information content (AvgIpc) is 3.06. The maximum atomic E-state index is 13.0. The van der Waals surface area contributed by atoms with Gasteiger partial charge in [0.25, 0.3) is 0 Å². The summed E-state index contributed by atoms with van der Waals surface area (Å²) in [5.41, 5.74) is 0.337. The molecule has 0 aliphatic heterocycles. The minimum atomic E-state index is -3.31. The lowest BCUT2D eigenvalue weighted by atomic mass is 10.2. The number of ether oxygens (including phenoxy) is 2. The molecule has 7 nitrogen and oxygen atoms in total. The molecular formula is C17H25N3O4SSi. The Morgan fingerprint density at radius 1 is 1.27 bits per heavy atom. The average molecular weight is 396 g/mol. The molecule has 0 amide bonds. The first kappa shape index (κ1) is 20.3. The summed E-state index contributed by atoms with van der Waals surface area (Å²) < 4.78 is 33.3. The van der Waals surface area contributed by atoms with Gasteiger partial charge < -0.3 is 9.47 Å². The molecule has 1 aromatic carbocycles. The van der Waals surface area contributed by atoms with Crippen molar-refractivity contribution in [2.24, 2.45) is 0 Å². The monoisotopic (exact) mass is 395 g/mol. The summed E-state index contributed by atoms with van der Waals surface area (Å²) >= 11 is 0. The number of aromatic nitrogens is 2. The molecule has 0 saturated heterocycles. The molecule has 0 fully saturated rings. The van der Waals surface area contributed by atoms with E-state index in [1.807, 2.05) is 0 Å². The highest BCUT2D eigenvalue weighted by molar-refractivity contribution is 7.92. The van der Waals surface area contributed by atoms with Gasteiger partial charge in [-0.3, -0.25) is 4.57 Å². The van der Waals surface area contributed by atoms with Gasteiger partial charge in [-0.15, -0.1) is 0 Å². The summed E-state index contributed by atoms with van der Waals surface area (Å²) in [6.07, 6.45) is 3.16. The molecule has 1 N–H and O–H groups in total. The maximum absolute atomic E-state index is 13.0. The van der Waals surface area contributed by atoms with Crippen molar-refractivity contribution in [2.45, 2.75) is 42.5 Å². The molecule has 0 saturated carbocycles. The summed E-state index contributed by atoms with van der Waals surface area (Å²) in [4.78, 5) is 15.9. The van der Waals surface area contributed by atoms with Gasteiger partial charge in [-0.25, -0.2) is 18.8 Å². The van der Waals surface area contributed by atoms with Gasteiger partial charge in [0.2, 0.25) is 5.16 Å². The van der Waals surface area contributed by atoms with E-state index >= 15 is 0 Å². The van der Waals surface area contributed by atoms with Crippen LogP contribution >= 0.6 is 0 Å². The number of hydrogen-bond acceptors (Lipinski definition) is 6. The van der Waals surface area contributed by atoms with Crippen molar-refractivity contribution in [1.82, 2.24) is 9.55 Å². The lowest BCUT2D eigenvalue weighted by Gasteiger charge is -2.16. The van der Waals surface area contributed by atoms with Crippen LogP contribution in [0, 0.1) is 4.78 Å². The molecule has 9 heteroatoms. The molecule has 0 radical (unpaired) electrons. The summed E-state index contributed by atoms with van der Waals surface area (Å²) in [6.45, 7) is 7.64. The van der Waals surface area contributed by atoms with Crippen molar-refractivity contribution >= 4 is 23.8 Å². The third-order valence-corrected chi connectivity index (χ3v) is 7.26. The Morgan fingerprint density at radius 2 is 1.92 bits per heavy atom. The number of carbonyl (C=O) groups excluding carboxylic acids is 1. The van der Waals surface area contributed by atoms with Crippen LogP contribution in [0.2, 0.25) is 25.7 Å². The van der Waals surface area contributed by atoms with Crippen LogP contribution in [-0.4, -0.2) is 41.5 Å². The van der Waals surface area contributed by atoms with Crippen LogP contribution in [0.3, 0.4) is 0 Å². The first-order chi connectivity index (χ1) is 12.1. The Morgan fingerprint density at radius 3 is 2.50 bits per heavy atom. The summed E-state index contributed by atoms with van der Waals surface area (Å²) in [5.74, 6) is -0.481. The van der Waals surface area contributed by atoms with Crippen molar-refractivity contribution in [3.63, 3.8) is 0 Å². The van der Waals surface area contributed by atoms with Crippen molar-refractivity contribution in [2.75, 3.05) is 13.7 Å². The minimum Gasteiger partial charge on any atom is -0.465 e. The van der Waals surface area contributed by atoms with Gasteiger partial charge in [-0.2, -0.15) is 0 Å². The van der Waals surface area contributed by atoms with Gasteiger partial charge in [0.05, 0.1) is 17.6 Å². The number of carbonyl (C=O) groups is 1. The number of nitrogens with one attached hydrogen (secondary N) is 1. The number of nitrogens with zero attached hydrogens (tertiary/aromatic N) is 2. The second-order valence-corrected chi connectivity index (χ2v) is 14.7. The first-order valence-electron chi connectivity index (χ1n) is 8.21. The second-order valence-electron chi connectivity index (χ2n) is 7.10. The molecule has 26 heavy (non-hydrogen) atoms. The summed E-state index contributed by atoms with van der Waals surface area (Å²) in [7, 11) is -3.20. The van der Waals surface area contributed by atoms with E-state index in [9.17, 15) is 9.00 Å². The van der Waals surface area contributed by atoms with Gasteiger partial charge in [0, 0.05) is 27.1 Å². The molecular weight excluding hydrogens is 370 g/mol. The van der Waals surface area contributed by atoms with Crippen LogP contribution < -0.4 is 0 Å². The number of imidazole rings is 1. The number of benzene rings is 1. The zero-order valence-electron chi connectivity index (χ0n) is 15.5. The highest BCUT2D eigenvalue weighted by Gasteiger charge is 2.20. The number of esters is 1. The molecule has 0 spiro atoms. The number of methoxy groups -OCH3 is 1. The first-order valence-corrected chi connectivity index (χ1v) is 13.5. The van der Waals surface area contributed by atoms with E-state index in [-0.39, 0.29) is 16.8 Å². The van der Waals surface area contributed by atoms with Crippen LogP contribution in [0.4, 0.5) is 0 Å². The normalized spacial score (nSPS) is 14.0. The van der Waals surface area contributed by atoms with Crippen molar-refractivity contribution < 1.29 is 18.5 Å². The van der Waals surface area contributed by atoms with Gasteiger partial charge in [0.15, 0.2) is 0 Å². The van der Waals surface area contributed by atoms with Gasteiger partial charge in [-0.1, -0.05) is 19.6 Å². The van der Waals surface area contributed by atoms with Crippen molar-refractivity contribution in [3.8, 4) is 0 Å². The fourth-order valence-corrected chi connectivity index (χ4v) is 4.34. The topological polar surface area (TPSA) is 94.3 Å². The Bertz CT molecular complexity index is 855. The Hall–Kier alpha value is -1.97. The Balaban J connectivity index is 2.15. The van der Waals surface area contributed by atoms with Crippen molar-refractivity contribution in [1.29, 1.82) is 4.78 Å². The SMILES string of the molecule is COC(=O)c1ccc(S(=N)(=O)c2nccn2COCC[Si](C)(C)C)cc1. The zero-order chi connectivity index (χ0) is 19.4. The van der Waals surface area contributed by atoms with Gasteiger partial charge >= 0.3 is 5.97 Å². The van der Waals surface area contributed by atoms with Crippen molar-refractivity contribution in [3.05, 3.63) is 42.2 Å². The number of hydrogen-bond donors (Lipinski definition) is 1. The Labute approximate surface area is 155 Å². The molecule has 2 aromatic rings. The van der Waals surface area contributed by atoms with Crippen LogP contribution in [-0.2, 0) is 25.9 Å². The fourth-order valence-electron chi connectivity index (χ4n) is 2.20. The van der Waals surface area contributed by atoms with Crippen LogP contribution in [0.15, 0.2) is 46.7 Å². The minimum absolute atomic E-state index is 0.135. The molecule has 1 aromatic heterocycles. The zero-order valence-corrected chi connectivity index (χ0v) is 17.3. The smallest absolute Gasteiger partial charge is 0.337 e. The van der Waals surface area contributed by atoms with E-state index in [1.54, 1.807) is 10.8 Å². The molecule has 1 unspecified atom stereocenters. The molecule has 0 bridgehead atoms. The van der Waals surface area contributed by atoms with Gasteiger partial charge in [-0.05, 0) is 30.3 Å². The van der Waals surface area contributed by atoms with Crippen LogP contribution in [0.5, 0.6) is 0 Å². The summed E-state index contributed by atoms with van der Waals surface area (Å²) in [6, 6.07) is 7.00. The lowest BCUT2D eigenvalue weighted by Crippen LogP contribution is -2.22. The second kappa shape index (κ2) is 8.15. The van der Waals surface area contributed by atoms with Crippen LogP contribution in [0.1, 0.15) is 10.4 Å². The molecule has 2 rings (SSSR count).